The lowest BCUT2D eigenvalue weighted by Crippen LogP contribution is -2.47. The van der Waals surface area contributed by atoms with Crippen molar-refractivity contribution in [2.75, 3.05) is 0 Å². The van der Waals surface area contributed by atoms with Gasteiger partial charge in [0, 0.05) is 25.7 Å². The van der Waals surface area contributed by atoms with Crippen molar-refractivity contribution in [3.05, 3.63) is 0 Å². The van der Waals surface area contributed by atoms with Gasteiger partial charge in [0.1, 0.15) is 17.0 Å². The lowest BCUT2D eigenvalue weighted by atomic mass is 9.61. The Bertz CT molecular complexity index is 363. The van der Waals surface area contributed by atoms with Gasteiger partial charge in [0.05, 0.1) is 0 Å². The Kier molecular flexibility index (Phi) is 3.24. The molecule has 0 saturated heterocycles. The van der Waals surface area contributed by atoms with E-state index < -0.39 is 5.41 Å². The Morgan fingerprint density at radius 2 is 1.44 bits per heavy atom. The van der Waals surface area contributed by atoms with Gasteiger partial charge in [-0.15, -0.1) is 24.7 Å². The van der Waals surface area contributed by atoms with Crippen LogP contribution in [0.3, 0.4) is 0 Å². The van der Waals surface area contributed by atoms with Crippen LogP contribution in [0.4, 0.5) is 0 Å². The van der Waals surface area contributed by atoms with Crippen LogP contribution in [0, 0.1) is 35.5 Å². The fraction of sp³-hybridized carbons (Fsp3) is 0.571. The van der Waals surface area contributed by atoms with Gasteiger partial charge in [0.15, 0.2) is 0 Å². The molecule has 0 heterocycles. The zero-order valence-electron chi connectivity index (χ0n) is 9.80. The minimum absolute atomic E-state index is 0.0929. The van der Waals surface area contributed by atoms with Crippen LogP contribution < -0.4 is 0 Å². The molecule has 84 valence electrons. The third kappa shape index (κ3) is 2.02. The summed E-state index contributed by atoms with van der Waals surface area (Å²) in [6.07, 6.45) is 11.5. The molecular weight excluding hydrogens is 200 g/mol. The first-order valence-electron chi connectivity index (χ1n) is 5.31. The Morgan fingerprint density at radius 1 is 1.06 bits per heavy atom. The number of Topliss-reactive ketones (excluding diaryl/α,β-unsaturated/α-hetero) is 2. The molecule has 0 bridgehead atoms. The van der Waals surface area contributed by atoms with Gasteiger partial charge in [0.2, 0.25) is 0 Å². The van der Waals surface area contributed by atoms with E-state index in [1.54, 1.807) is 0 Å². The van der Waals surface area contributed by atoms with E-state index in [4.69, 9.17) is 12.8 Å². The van der Waals surface area contributed by atoms with Crippen LogP contribution in [0.2, 0.25) is 0 Å². The van der Waals surface area contributed by atoms with E-state index >= 15 is 0 Å². The number of carbonyl (C=O) groups excluding carboxylic acids is 2. The number of carbonyl (C=O) groups is 2. The second-order valence-electron chi connectivity index (χ2n) is 5.21. The number of hydrogen-bond donors (Lipinski definition) is 0. The molecule has 0 aromatic heterocycles. The second kappa shape index (κ2) is 4.14. The molecule has 0 N–H and O–H groups in total. The predicted molar refractivity (Wildman–Crippen MR) is 62.4 cm³/mol. The summed E-state index contributed by atoms with van der Waals surface area (Å²) < 4.78 is 0. The first-order chi connectivity index (χ1) is 7.38. The number of rotatable bonds is 2. The van der Waals surface area contributed by atoms with Crippen molar-refractivity contribution in [3.63, 3.8) is 0 Å². The lowest BCUT2D eigenvalue weighted by molar-refractivity contribution is -0.147. The maximum atomic E-state index is 12.1. The number of terminal acetylenes is 2. The van der Waals surface area contributed by atoms with Crippen LogP contribution in [-0.4, -0.2) is 11.6 Å². The van der Waals surface area contributed by atoms with E-state index in [9.17, 15) is 9.59 Å². The fourth-order valence-corrected chi connectivity index (χ4v) is 2.23. The van der Waals surface area contributed by atoms with Gasteiger partial charge in [-0.3, -0.25) is 9.59 Å². The molecule has 2 heteroatoms. The van der Waals surface area contributed by atoms with Crippen molar-refractivity contribution in [1.82, 2.24) is 0 Å². The smallest absolute Gasteiger partial charge is 0.148 e. The topological polar surface area (TPSA) is 34.1 Å². The van der Waals surface area contributed by atoms with E-state index in [0.717, 1.165) is 0 Å². The molecule has 0 radical (unpaired) electrons. The summed E-state index contributed by atoms with van der Waals surface area (Å²) in [5.41, 5.74) is -1.36. The van der Waals surface area contributed by atoms with E-state index in [1.165, 1.54) is 0 Å². The van der Waals surface area contributed by atoms with Gasteiger partial charge in [0.25, 0.3) is 0 Å². The summed E-state index contributed by atoms with van der Waals surface area (Å²) in [7, 11) is 0. The highest BCUT2D eigenvalue weighted by Crippen LogP contribution is 2.43. The van der Waals surface area contributed by atoms with Gasteiger partial charge in [-0.2, -0.15) is 0 Å². The first kappa shape index (κ1) is 12.5. The zero-order chi connectivity index (χ0) is 12.4. The van der Waals surface area contributed by atoms with Crippen LogP contribution in [0.15, 0.2) is 0 Å². The predicted octanol–water partition coefficient (Wildman–Crippen LogP) is 1.98. The van der Waals surface area contributed by atoms with Crippen LogP contribution in [0.25, 0.3) is 0 Å². The van der Waals surface area contributed by atoms with Crippen LogP contribution >= 0.6 is 0 Å². The molecule has 1 aliphatic carbocycles. The van der Waals surface area contributed by atoms with Crippen molar-refractivity contribution in [2.24, 2.45) is 10.8 Å². The molecular formula is C14H16O2. The molecule has 0 aliphatic heterocycles. The quantitative estimate of drug-likeness (QED) is 0.522. The Hall–Kier alpha value is -1.54. The van der Waals surface area contributed by atoms with Gasteiger partial charge in [-0.25, -0.2) is 0 Å². The Morgan fingerprint density at radius 3 is 1.75 bits per heavy atom. The van der Waals surface area contributed by atoms with Gasteiger partial charge in [-0.1, -0.05) is 13.8 Å². The molecule has 2 nitrogen and oxygen atoms in total. The summed E-state index contributed by atoms with van der Waals surface area (Å²) >= 11 is 0. The average Bonchev–Trinajstić information content (AvgIpc) is 2.13. The average molecular weight is 216 g/mol. The molecule has 0 aromatic rings. The standard InChI is InChI=1S/C14H16O2/c1-5-7-14(8-6-2)11(15)9-13(3,4)10-12(14)16/h1-2H,7-10H2,3-4H3. The van der Waals surface area contributed by atoms with Gasteiger partial charge < -0.3 is 0 Å². The molecule has 1 saturated carbocycles. The van der Waals surface area contributed by atoms with E-state index in [1.807, 2.05) is 13.8 Å². The highest BCUT2D eigenvalue weighted by Gasteiger charge is 2.50. The Labute approximate surface area is 96.8 Å². The molecule has 0 amide bonds. The molecule has 0 atom stereocenters. The van der Waals surface area contributed by atoms with Crippen molar-refractivity contribution in [2.45, 2.75) is 39.5 Å². The zero-order valence-corrected chi connectivity index (χ0v) is 9.80. The maximum Gasteiger partial charge on any atom is 0.148 e. The maximum absolute atomic E-state index is 12.1. The molecule has 1 fully saturated rings. The minimum atomic E-state index is -1.10. The fourth-order valence-electron chi connectivity index (χ4n) is 2.23. The summed E-state index contributed by atoms with van der Waals surface area (Å²) in [5.74, 6) is 4.64. The van der Waals surface area contributed by atoms with E-state index in [0.29, 0.717) is 12.8 Å². The summed E-state index contributed by atoms with van der Waals surface area (Å²) in [5, 5.41) is 0. The normalized spacial score (nSPS) is 22.2. The highest BCUT2D eigenvalue weighted by molar-refractivity contribution is 6.10. The van der Waals surface area contributed by atoms with E-state index in [-0.39, 0.29) is 29.8 Å². The number of ketones is 2. The third-order valence-electron chi connectivity index (χ3n) is 3.15. The molecule has 1 rings (SSSR count). The van der Waals surface area contributed by atoms with Gasteiger partial charge in [-0.05, 0) is 5.41 Å². The first-order valence-corrected chi connectivity index (χ1v) is 5.31. The Balaban J connectivity index is 3.12. The molecule has 0 unspecified atom stereocenters. The third-order valence-corrected chi connectivity index (χ3v) is 3.15. The number of hydrogen-bond acceptors (Lipinski definition) is 2. The highest BCUT2D eigenvalue weighted by atomic mass is 16.2. The SMILES string of the molecule is C#CCC1(CC#C)C(=O)CC(C)(C)CC1=O. The summed E-state index contributed by atoms with van der Waals surface area (Å²) in [6, 6.07) is 0. The molecule has 0 spiro atoms. The second-order valence-corrected chi connectivity index (χ2v) is 5.21. The van der Waals surface area contributed by atoms with Crippen LogP contribution in [-0.2, 0) is 9.59 Å². The molecule has 1 aliphatic rings. The largest absolute Gasteiger partial charge is 0.298 e. The summed E-state index contributed by atoms with van der Waals surface area (Å²) in [4.78, 5) is 24.2. The van der Waals surface area contributed by atoms with E-state index in [2.05, 4.69) is 11.8 Å². The van der Waals surface area contributed by atoms with Crippen molar-refractivity contribution >= 4 is 11.6 Å². The minimum Gasteiger partial charge on any atom is -0.298 e. The molecule has 16 heavy (non-hydrogen) atoms. The van der Waals surface area contributed by atoms with Gasteiger partial charge >= 0.3 is 0 Å². The van der Waals surface area contributed by atoms with Crippen molar-refractivity contribution in [3.8, 4) is 24.7 Å². The van der Waals surface area contributed by atoms with Crippen molar-refractivity contribution in [1.29, 1.82) is 0 Å². The molecule has 0 aromatic carbocycles. The van der Waals surface area contributed by atoms with Crippen molar-refractivity contribution < 1.29 is 9.59 Å². The lowest BCUT2D eigenvalue weighted by Gasteiger charge is -2.39. The monoisotopic (exact) mass is 216 g/mol. The summed E-state index contributed by atoms with van der Waals surface area (Å²) in [6.45, 7) is 3.83. The van der Waals surface area contributed by atoms with Crippen LogP contribution in [0.1, 0.15) is 39.5 Å². The van der Waals surface area contributed by atoms with Crippen LogP contribution in [0.5, 0.6) is 0 Å².